The predicted octanol–water partition coefficient (Wildman–Crippen LogP) is 4.39. The Balaban J connectivity index is 1.80. The number of nitrogens with zero attached hydrogens (tertiary/aromatic N) is 4. The lowest BCUT2D eigenvalue weighted by Gasteiger charge is -2.42. The van der Waals surface area contributed by atoms with E-state index >= 15 is 0 Å². The number of anilines is 1. The highest BCUT2D eigenvalue weighted by molar-refractivity contribution is 5.82. The molecule has 1 aliphatic heterocycles. The van der Waals surface area contributed by atoms with Gasteiger partial charge < -0.3 is 19.3 Å². The van der Waals surface area contributed by atoms with Crippen molar-refractivity contribution < 1.29 is 19.2 Å². The van der Waals surface area contributed by atoms with Gasteiger partial charge in [-0.3, -0.25) is 10.1 Å². The fourth-order valence-electron chi connectivity index (χ4n) is 3.63. The van der Waals surface area contributed by atoms with Gasteiger partial charge in [-0.2, -0.15) is 0 Å². The zero-order valence-corrected chi connectivity index (χ0v) is 19.2. The molecule has 1 aromatic carbocycles. The summed E-state index contributed by atoms with van der Waals surface area (Å²) in [5, 5.41) is 11.8. The van der Waals surface area contributed by atoms with Crippen molar-refractivity contribution in [3.05, 3.63) is 40.4 Å². The monoisotopic (exact) mass is 444 g/mol. The SMILES string of the molecule is CCCCOCC1CN(C(=O)OC(C)(C)C)CCN1c1ccc2cc([N+](=O)[O-])ccc2n1. The predicted molar refractivity (Wildman–Crippen MR) is 123 cm³/mol. The van der Waals surface area contributed by atoms with Gasteiger partial charge in [0.05, 0.1) is 23.1 Å². The van der Waals surface area contributed by atoms with Crippen molar-refractivity contribution in [1.82, 2.24) is 9.88 Å². The summed E-state index contributed by atoms with van der Waals surface area (Å²) in [4.78, 5) is 31.9. The topological polar surface area (TPSA) is 98.0 Å². The number of piperazine rings is 1. The normalized spacial score (nSPS) is 16.9. The first-order chi connectivity index (χ1) is 15.2. The van der Waals surface area contributed by atoms with Crippen LogP contribution in [-0.2, 0) is 9.47 Å². The van der Waals surface area contributed by atoms with Crippen LogP contribution in [0.2, 0.25) is 0 Å². The molecule has 1 aliphatic rings. The lowest BCUT2D eigenvalue weighted by Crippen LogP contribution is -2.57. The van der Waals surface area contributed by atoms with E-state index in [1.54, 1.807) is 11.0 Å². The molecule has 2 heterocycles. The van der Waals surface area contributed by atoms with Gasteiger partial charge in [-0.15, -0.1) is 0 Å². The van der Waals surface area contributed by atoms with E-state index < -0.39 is 10.5 Å². The van der Waals surface area contributed by atoms with Crippen molar-refractivity contribution in [2.75, 3.05) is 37.7 Å². The van der Waals surface area contributed by atoms with Crippen molar-refractivity contribution in [2.45, 2.75) is 52.2 Å². The van der Waals surface area contributed by atoms with Crippen LogP contribution in [0.3, 0.4) is 0 Å². The van der Waals surface area contributed by atoms with Gasteiger partial charge in [-0.1, -0.05) is 13.3 Å². The van der Waals surface area contributed by atoms with Gasteiger partial charge in [0.1, 0.15) is 11.4 Å². The number of non-ortho nitro benzene ring substituents is 1. The Hall–Kier alpha value is -2.94. The molecule has 1 fully saturated rings. The van der Waals surface area contributed by atoms with Crippen LogP contribution < -0.4 is 4.90 Å². The molecule has 0 N–H and O–H groups in total. The highest BCUT2D eigenvalue weighted by Crippen LogP contribution is 2.25. The number of aromatic nitrogens is 1. The molecule has 1 aromatic heterocycles. The Morgan fingerprint density at radius 1 is 1.25 bits per heavy atom. The van der Waals surface area contributed by atoms with Crippen molar-refractivity contribution in [3.63, 3.8) is 0 Å². The fraction of sp³-hybridized carbons (Fsp3) is 0.565. The van der Waals surface area contributed by atoms with E-state index in [2.05, 4.69) is 11.8 Å². The van der Waals surface area contributed by atoms with Crippen LogP contribution in [0.4, 0.5) is 16.3 Å². The summed E-state index contributed by atoms with van der Waals surface area (Å²) in [5.74, 6) is 0.763. The van der Waals surface area contributed by atoms with E-state index in [9.17, 15) is 14.9 Å². The molecule has 2 aromatic rings. The number of nitro benzene ring substituents is 1. The van der Waals surface area contributed by atoms with Crippen molar-refractivity contribution in [3.8, 4) is 0 Å². The quantitative estimate of drug-likeness (QED) is 0.355. The molecule has 9 nitrogen and oxygen atoms in total. The minimum absolute atomic E-state index is 0.0419. The number of unbranched alkanes of at least 4 members (excludes halogenated alkanes) is 1. The summed E-state index contributed by atoms with van der Waals surface area (Å²) < 4.78 is 11.5. The second kappa shape index (κ2) is 10.1. The Labute approximate surface area is 188 Å². The number of rotatable bonds is 7. The first kappa shape index (κ1) is 23.7. The third-order valence-corrected chi connectivity index (χ3v) is 5.25. The number of ether oxygens (including phenoxy) is 2. The minimum atomic E-state index is -0.552. The maximum Gasteiger partial charge on any atom is 0.410 e. The molecule has 0 saturated carbocycles. The van der Waals surface area contributed by atoms with Crippen LogP contribution >= 0.6 is 0 Å². The second-order valence-electron chi connectivity index (χ2n) is 9.01. The average molecular weight is 445 g/mol. The van der Waals surface area contributed by atoms with Gasteiger partial charge in [0.25, 0.3) is 5.69 Å². The van der Waals surface area contributed by atoms with Gasteiger partial charge >= 0.3 is 6.09 Å². The number of hydrogen-bond acceptors (Lipinski definition) is 7. The van der Waals surface area contributed by atoms with Crippen molar-refractivity contribution in [2.24, 2.45) is 0 Å². The van der Waals surface area contributed by atoms with Crippen LogP contribution in [-0.4, -0.2) is 65.4 Å². The maximum atomic E-state index is 12.6. The Bertz CT molecular complexity index is 959. The first-order valence-electron chi connectivity index (χ1n) is 11.1. The van der Waals surface area contributed by atoms with Gasteiger partial charge in [0, 0.05) is 43.8 Å². The number of fused-ring (bicyclic) bond motifs is 1. The highest BCUT2D eigenvalue weighted by atomic mass is 16.6. The zero-order chi connectivity index (χ0) is 23.3. The molecular formula is C23H32N4O5. The molecule has 0 aliphatic carbocycles. The lowest BCUT2D eigenvalue weighted by molar-refractivity contribution is -0.384. The molecular weight excluding hydrogens is 412 g/mol. The third kappa shape index (κ3) is 6.06. The third-order valence-electron chi connectivity index (χ3n) is 5.25. The first-order valence-corrected chi connectivity index (χ1v) is 11.1. The number of carbonyl (C=O) groups excluding carboxylic acids is 1. The summed E-state index contributed by atoms with van der Waals surface area (Å²) in [5.41, 5.74) is 0.178. The molecule has 1 amide bonds. The molecule has 1 atom stereocenters. The smallest absolute Gasteiger partial charge is 0.410 e. The standard InChI is InChI=1S/C23H32N4O5/c1-5-6-13-31-16-19-15-25(22(28)32-23(2,3)4)11-12-26(19)21-10-7-17-14-18(27(29)30)8-9-20(17)24-21/h7-10,14,19H,5-6,11-13,15-16H2,1-4H3. The van der Waals surface area contributed by atoms with E-state index in [1.165, 1.54) is 12.1 Å². The second-order valence-corrected chi connectivity index (χ2v) is 9.01. The summed E-state index contributed by atoms with van der Waals surface area (Å²) >= 11 is 0. The van der Waals surface area contributed by atoms with E-state index in [0.29, 0.717) is 43.8 Å². The Morgan fingerprint density at radius 2 is 2.03 bits per heavy atom. The number of hydrogen-bond donors (Lipinski definition) is 0. The molecule has 174 valence electrons. The van der Waals surface area contributed by atoms with Crippen molar-refractivity contribution >= 4 is 28.5 Å². The molecule has 1 saturated heterocycles. The average Bonchev–Trinajstić information content (AvgIpc) is 2.74. The van der Waals surface area contributed by atoms with Crippen LogP contribution in [0.25, 0.3) is 10.9 Å². The maximum absolute atomic E-state index is 12.6. The van der Waals surface area contributed by atoms with Gasteiger partial charge in [-0.25, -0.2) is 9.78 Å². The van der Waals surface area contributed by atoms with E-state index in [-0.39, 0.29) is 17.8 Å². The van der Waals surface area contributed by atoms with Crippen molar-refractivity contribution in [1.29, 1.82) is 0 Å². The number of benzene rings is 1. The van der Waals surface area contributed by atoms with Gasteiger partial charge in [-0.05, 0) is 45.4 Å². The summed E-state index contributed by atoms with van der Waals surface area (Å²) in [6.07, 6.45) is 1.71. The van der Waals surface area contributed by atoms with Gasteiger partial charge in [0.2, 0.25) is 0 Å². The van der Waals surface area contributed by atoms with E-state index in [4.69, 9.17) is 14.5 Å². The Morgan fingerprint density at radius 3 is 2.72 bits per heavy atom. The molecule has 0 radical (unpaired) electrons. The highest BCUT2D eigenvalue weighted by Gasteiger charge is 2.33. The molecule has 0 spiro atoms. The van der Waals surface area contributed by atoms with E-state index in [0.717, 1.165) is 18.7 Å². The number of pyridine rings is 1. The summed E-state index contributed by atoms with van der Waals surface area (Å²) in [6, 6.07) is 8.30. The molecule has 3 rings (SSSR count). The molecule has 0 bridgehead atoms. The summed E-state index contributed by atoms with van der Waals surface area (Å²) in [6.45, 7) is 10.4. The van der Waals surface area contributed by atoms with E-state index in [1.807, 2.05) is 32.9 Å². The largest absolute Gasteiger partial charge is 0.444 e. The van der Waals surface area contributed by atoms with Crippen LogP contribution in [0.15, 0.2) is 30.3 Å². The molecule has 1 unspecified atom stereocenters. The van der Waals surface area contributed by atoms with Gasteiger partial charge in [0.15, 0.2) is 0 Å². The number of amides is 1. The molecule has 32 heavy (non-hydrogen) atoms. The fourth-order valence-corrected chi connectivity index (χ4v) is 3.63. The number of carbonyl (C=O) groups is 1. The number of nitro groups is 1. The zero-order valence-electron chi connectivity index (χ0n) is 19.2. The lowest BCUT2D eigenvalue weighted by atomic mass is 10.1. The summed E-state index contributed by atoms with van der Waals surface area (Å²) in [7, 11) is 0. The molecule has 9 heteroatoms. The van der Waals surface area contributed by atoms with Crippen LogP contribution in [0, 0.1) is 10.1 Å². The Kier molecular flexibility index (Phi) is 7.50. The van der Waals surface area contributed by atoms with Crippen LogP contribution in [0.1, 0.15) is 40.5 Å². The van der Waals surface area contributed by atoms with Crippen LogP contribution in [0.5, 0.6) is 0 Å². The minimum Gasteiger partial charge on any atom is -0.444 e.